The van der Waals surface area contributed by atoms with E-state index < -0.39 is 0 Å². The fourth-order valence-electron chi connectivity index (χ4n) is 1.51. The molecule has 102 valence electrons. The molecule has 0 saturated heterocycles. The third-order valence-electron chi connectivity index (χ3n) is 2.33. The van der Waals surface area contributed by atoms with Crippen LogP contribution in [0.25, 0.3) is 0 Å². The SMILES string of the molecule is COCCCCCNc1cc(OC(C)C)ncn1. The predicted octanol–water partition coefficient (Wildman–Crippen LogP) is 2.49. The van der Waals surface area contributed by atoms with E-state index in [1.807, 2.05) is 19.9 Å². The average molecular weight is 253 g/mol. The summed E-state index contributed by atoms with van der Waals surface area (Å²) in [5, 5.41) is 3.26. The minimum atomic E-state index is 0.127. The lowest BCUT2D eigenvalue weighted by Crippen LogP contribution is -2.09. The van der Waals surface area contributed by atoms with E-state index in [9.17, 15) is 0 Å². The maximum Gasteiger partial charge on any atom is 0.218 e. The second-order valence-electron chi connectivity index (χ2n) is 4.39. The number of methoxy groups -OCH3 is 1. The van der Waals surface area contributed by atoms with Gasteiger partial charge < -0.3 is 14.8 Å². The van der Waals surface area contributed by atoms with Crippen LogP contribution >= 0.6 is 0 Å². The van der Waals surface area contributed by atoms with Crippen molar-refractivity contribution in [3.8, 4) is 5.88 Å². The minimum Gasteiger partial charge on any atom is -0.475 e. The van der Waals surface area contributed by atoms with E-state index in [-0.39, 0.29) is 6.10 Å². The van der Waals surface area contributed by atoms with Gasteiger partial charge in [-0.1, -0.05) is 0 Å². The van der Waals surface area contributed by atoms with E-state index in [4.69, 9.17) is 9.47 Å². The molecule has 0 aliphatic heterocycles. The van der Waals surface area contributed by atoms with Gasteiger partial charge in [0.2, 0.25) is 5.88 Å². The highest BCUT2D eigenvalue weighted by Crippen LogP contribution is 2.12. The number of hydrogen-bond donors (Lipinski definition) is 1. The van der Waals surface area contributed by atoms with E-state index in [1.54, 1.807) is 7.11 Å². The highest BCUT2D eigenvalue weighted by molar-refractivity contribution is 5.36. The summed E-state index contributed by atoms with van der Waals surface area (Å²) in [6.07, 6.45) is 5.01. The average Bonchev–Trinajstić information content (AvgIpc) is 2.33. The minimum absolute atomic E-state index is 0.127. The largest absolute Gasteiger partial charge is 0.475 e. The van der Waals surface area contributed by atoms with Gasteiger partial charge in [0.25, 0.3) is 0 Å². The summed E-state index contributed by atoms with van der Waals surface area (Å²) in [7, 11) is 1.73. The zero-order chi connectivity index (χ0) is 13.2. The summed E-state index contributed by atoms with van der Waals surface area (Å²) in [5.41, 5.74) is 0. The quantitative estimate of drug-likeness (QED) is 0.685. The van der Waals surface area contributed by atoms with Crippen LogP contribution < -0.4 is 10.1 Å². The number of nitrogens with zero attached hydrogens (tertiary/aromatic N) is 2. The first kappa shape index (κ1) is 14.7. The van der Waals surface area contributed by atoms with Crippen molar-refractivity contribution in [2.75, 3.05) is 25.6 Å². The molecule has 5 nitrogen and oxygen atoms in total. The lowest BCUT2D eigenvalue weighted by molar-refractivity contribution is 0.192. The Hall–Kier alpha value is -1.36. The normalized spacial score (nSPS) is 10.7. The van der Waals surface area contributed by atoms with Gasteiger partial charge in [-0.2, -0.15) is 0 Å². The molecule has 0 amide bonds. The summed E-state index contributed by atoms with van der Waals surface area (Å²) in [6.45, 7) is 5.69. The van der Waals surface area contributed by atoms with E-state index in [1.165, 1.54) is 6.33 Å². The van der Waals surface area contributed by atoms with Crippen molar-refractivity contribution in [3.05, 3.63) is 12.4 Å². The molecule has 0 radical (unpaired) electrons. The van der Waals surface area contributed by atoms with E-state index in [2.05, 4.69) is 15.3 Å². The predicted molar refractivity (Wildman–Crippen MR) is 72.0 cm³/mol. The standard InChI is InChI=1S/C13H23N3O2/c1-11(2)18-13-9-12(15-10-16-13)14-7-5-4-6-8-17-3/h9-11H,4-8H2,1-3H3,(H,14,15,16). The summed E-state index contributed by atoms with van der Waals surface area (Å²) in [5.74, 6) is 1.43. The van der Waals surface area contributed by atoms with Crippen LogP contribution in [-0.2, 0) is 4.74 Å². The molecular formula is C13H23N3O2. The van der Waals surface area contributed by atoms with Crippen LogP contribution in [0.2, 0.25) is 0 Å². The molecule has 0 aliphatic rings. The zero-order valence-corrected chi connectivity index (χ0v) is 11.5. The van der Waals surface area contributed by atoms with Crippen molar-refractivity contribution >= 4 is 5.82 Å². The molecule has 0 saturated carbocycles. The van der Waals surface area contributed by atoms with E-state index in [0.29, 0.717) is 5.88 Å². The smallest absolute Gasteiger partial charge is 0.218 e. The van der Waals surface area contributed by atoms with Gasteiger partial charge in [0, 0.05) is 26.3 Å². The molecule has 5 heteroatoms. The Morgan fingerprint density at radius 3 is 2.78 bits per heavy atom. The van der Waals surface area contributed by atoms with Crippen LogP contribution in [0, 0.1) is 0 Å². The van der Waals surface area contributed by atoms with Gasteiger partial charge in [0.1, 0.15) is 12.1 Å². The fourth-order valence-corrected chi connectivity index (χ4v) is 1.51. The van der Waals surface area contributed by atoms with Gasteiger partial charge in [-0.05, 0) is 33.1 Å². The highest BCUT2D eigenvalue weighted by atomic mass is 16.5. The Labute approximate surface area is 109 Å². The Morgan fingerprint density at radius 1 is 1.22 bits per heavy atom. The molecule has 0 aliphatic carbocycles. The second-order valence-corrected chi connectivity index (χ2v) is 4.39. The molecule has 1 aromatic heterocycles. The van der Waals surface area contributed by atoms with Gasteiger partial charge >= 0.3 is 0 Å². The Balaban J connectivity index is 2.25. The fraction of sp³-hybridized carbons (Fsp3) is 0.692. The number of rotatable bonds is 9. The number of hydrogen-bond acceptors (Lipinski definition) is 5. The maximum atomic E-state index is 5.51. The molecule has 1 heterocycles. The first-order valence-corrected chi connectivity index (χ1v) is 6.44. The van der Waals surface area contributed by atoms with Crippen LogP contribution in [0.4, 0.5) is 5.82 Å². The lowest BCUT2D eigenvalue weighted by Gasteiger charge is -2.10. The maximum absolute atomic E-state index is 5.51. The van der Waals surface area contributed by atoms with Crippen molar-refractivity contribution in [2.45, 2.75) is 39.2 Å². The van der Waals surface area contributed by atoms with E-state index in [0.717, 1.165) is 38.2 Å². The van der Waals surface area contributed by atoms with Crippen molar-refractivity contribution in [2.24, 2.45) is 0 Å². The van der Waals surface area contributed by atoms with E-state index >= 15 is 0 Å². The molecule has 0 unspecified atom stereocenters. The summed E-state index contributed by atoms with van der Waals surface area (Å²) in [6, 6.07) is 1.83. The number of unbranched alkanes of at least 4 members (excludes halogenated alkanes) is 2. The Kier molecular flexibility index (Phi) is 7.10. The molecule has 0 aromatic carbocycles. The molecular weight excluding hydrogens is 230 g/mol. The topological polar surface area (TPSA) is 56.3 Å². The Bertz CT molecular complexity index is 332. The second kappa shape index (κ2) is 8.69. The van der Waals surface area contributed by atoms with Crippen molar-refractivity contribution < 1.29 is 9.47 Å². The first-order chi connectivity index (χ1) is 8.72. The van der Waals surface area contributed by atoms with Crippen molar-refractivity contribution in [1.29, 1.82) is 0 Å². The molecule has 1 aromatic rings. The van der Waals surface area contributed by atoms with Gasteiger partial charge in [0.15, 0.2) is 0 Å². The van der Waals surface area contributed by atoms with Crippen LogP contribution in [0.1, 0.15) is 33.1 Å². The van der Waals surface area contributed by atoms with Crippen LogP contribution in [0.3, 0.4) is 0 Å². The summed E-state index contributed by atoms with van der Waals surface area (Å²) < 4.78 is 10.5. The van der Waals surface area contributed by atoms with Crippen LogP contribution in [0.5, 0.6) is 5.88 Å². The third-order valence-corrected chi connectivity index (χ3v) is 2.33. The molecule has 18 heavy (non-hydrogen) atoms. The lowest BCUT2D eigenvalue weighted by atomic mass is 10.2. The van der Waals surface area contributed by atoms with Crippen molar-refractivity contribution in [1.82, 2.24) is 9.97 Å². The number of ether oxygens (including phenoxy) is 2. The summed E-state index contributed by atoms with van der Waals surface area (Å²) >= 11 is 0. The highest BCUT2D eigenvalue weighted by Gasteiger charge is 2.01. The molecule has 0 bridgehead atoms. The molecule has 0 fully saturated rings. The monoisotopic (exact) mass is 253 g/mol. The van der Waals surface area contributed by atoms with Gasteiger partial charge in [-0.25, -0.2) is 9.97 Å². The van der Waals surface area contributed by atoms with Crippen LogP contribution in [0.15, 0.2) is 12.4 Å². The molecule has 1 rings (SSSR count). The molecule has 0 atom stereocenters. The summed E-state index contributed by atoms with van der Waals surface area (Å²) in [4.78, 5) is 8.21. The number of anilines is 1. The third kappa shape index (κ3) is 6.39. The Morgan fingerprint density at radius 2 is 2.06 bits per heavy atom. The first-order valence-electron chi connectivity index (χ1n) is 6.44. The number of aromatic nitrogens is 2. The van der Waals surface area contributed by atoms with Gasteiger partial charge in [0.05, 0.1) is 6.10 Å². The molecule has 1 N–H and O–H groups in total. The zero-order valence-electron chi connectivity index (χ0n) is 11.5. The van der Waals surface area contributed by atoms with Gasteiger partial charge in [-0.3, -0.25) is 0 Å². The van der Waals surface area contributed by atoms with Crippen LogP contribution in [-0.4, -0.2) is 36.3 Å². The van der Waals surface area contributed by atoms with Gasteiger partial charge in [-0.15, -0.1) is 0 Å². The number of nitrogens with one attached hydrogen (secondary N) is 1. The molecule has 0 spiro atoms. The van der Waals surface area contributed by atoms with Crippen molar-refractivity contribution in [3.63, 3.8) is 0 Å².